The van der Waals surface area contributed by atoms with Gasteiger partial charge in [0.15, 0.2) is 0 Å². The third kappa shape index (κ3) is 3.20. The topological polar surface area (TPSA) is 29.5 Å². The Morgan fingerprint density at radius 3 is 2.55 bits per heavy atom. The predicted octanol–water partition coefficient (Wildman–Crippen LogP) is 4.07. The second-order valence-electron chi connectivity index (χ2n) is 6.15. The molecule has 3 nitrogen and oxygen atoms in total. The lowest BCUT2D eigenvalue weighted by Crippen LogP contribution is -2.39. The van der Waals surface area contributed by atoms with Crippen LogP contribution in [0, 0.1) is 5.41 Å². The van der Waals surface area contributed by atoms with Crippen molar-refractivity contribution >= 4 is 28.3 Å². The molecule has 0 aromatic heterocycles. The number of hydrogen-bond donors (Lipinski definition) is 0. The summed E-state index contributed by atoms with van der Waals surface area (Å²) >= 11 is 5.92. The van der Waals surface area contributed by atoms with Crippen molar-refractivity contribution in [3.63, 3.8) is 0 Å². The molecular weight excluding hydrogens is 298 g/mol. The summed E-state index contributed by atoms with van der Waals surface area (Å²) in [6.45, 7) is 4.21. The van der Waals surface area contributed by atoms with Crippen LogP contribution < -0.4 is 4.74 Å². The summed E-state index contributed by atoms with van der Waals surface area (Å²) in [6, 6.07) is 12.1. The molecule has 4 heteroatoms. The molecule has 0 saturated heterocycles. The molecule has 0 atom stereocenters. The van der Waals surface area contributed by atoms with Crippen molar-refractivity contribution in [2.45, 2.75) is 20.4 Å². The molecule has 22 heavy (non-hydrogen) atoms. The summed E-state index contributed by atoms with van der Waals surface area (Å²) < 4.78 is 5.48. The third-order valence-corrected chi connectivity index (χ3v) is 4.54. The largest absolute Gasteiger partial charge is 0.496 e. The predicted molar refractivity (Wildman–Crippen MR) is 91.5 cm³/mol. The number of methoxy groups -OCH3 is 1. The van der Waals surface area contributed by atoms with Gasteiger partial charge in [-0.25, -0.2) is 0 Å². The summed E-state index contributed by atoms with van der Waals surface area (Å²) in [6.07, 6.45) is 0. The highest BCUT2D eigenvalue weighted by atomic mass is 35.5. The summed E-state index contributed by atoms with van der Waals surface area (Å²) in [7, 11) is 3.45. The highest BCUT2D eigenvalue weighted by Crippen LogP contribution is 2.30. The Bertz CT molecular complexity index is 682. The number of hydrogen-bond acceptors (Lipinski definition) is 2. The third-order valence-electron chi connectivity index (χ3n) is 3.87. The van der Waals surface area contributed by atoms with Gasteiger partial charge in [-0.15, -0.1) is 11.6 Å². The SMILES string of the molecule is COc1ccc2ccccc2c1CN(C)C(=O)C(C)(C)CCl. The molecule has 0 spiro atoms. The number of halogens is 1. The van der Waals surface area contributed by atoms with Gasteiger partial charge in [-0.3, -0.25) is 4.79 Å². The molecule has 118 valence electrons. The van der Waals surface area contributed by atoms with E-state index in [9.17, 15) is 4.79 Å². The number of rotatable bonds is 5. The minimum absolute atomic E-state index is 0.0255. The van der Waals surface area contributed by atoms with E-state index >= 15 is 0 Å². The van der Waals surface area contributed by atoms with Crippen LogP contribution in [0.15, 0.2) is 36.4 Å². The molecule has 0 heterocycles. The van der Waals surface area contributed by atoms with Crippen LogP contribution in [-0.4, -0.2) is 30.8 Å². The van der Waals surface area contributed by atoms with Crippen LogP contribution in [0.25, 0.3) is 10.8 Å². The van der Waals surface area contributed by atoms with Gasteiger partial charge < -0.3 is 9.64 Å². The Morgan fingerprint density at radius 2 is 1.91 bits per heavy atom. The fourth-order valence-corrected chi connectivity index (χ4v) is 2.67. The lowest BCUT2D eigenvalue weighted by Gasteiger charge is -2.28. The Kier molecular flexibility index (Phi) is 4.97. The minimum Gasteiger partial charge on any atom is -0.496 e. The average molecular weight is 320 g/mol. The van der Waals surface area contributed by atoms with Crippen LogP contribution in [0.4, 0.5) is 0 Å². The van der Waals surface area contributed by atoms with Crippen LogP contribution in [0.1, 0.15) is 19.4 Å². The zero-order valence-corrected chi connectivity index (χ0v) is 14.3. The van der Waals surface area contributed by atoms with Gasteiger partial charge in [0.05, 0.1) is 12.5 Å². The van der Waals surface area contributed by atoms with Crippen molar-refractivity contribution in [1.29, 1.82) is 0 Å². The standard InChI is InChI=1S/C18H22ClNO2/c1-18(2,12-19)17(21)20(3)11-15-14-8-6-5-7-13(14)9-10-16(15)22-4/h5-10H,11-12H2,1-4H3. The van der Waals surface area contributed by atoms with Gasteiger partial charge in [0.25, 0.3) is 0 Å². The van der Waals surface area contributed by atoms with Crippen LogP contribution >= 0.6 is 11.6 Å². The molecule has 2 rings (SSSR count). The normalized spacial score (nSPS) is 11.5. The maximum absolute atomic E-state index is 12.5. The van der Waals surface area contributed by atoms with E-state index in [-0.39, 0.29) is 5.91 Å². The molecule has 0 aliphatic heterocycles. The molecule has 0 aliphatic carbocycles. The van der Waals surface area contributed by atoms with E-state index in [4.69, 9.17) is 16.3 Å². The Morgan fingerprint density at radius 1 is 1.23 bits per heavy atom. The van der Waals surface area contributed by atoms with Gasteiger partial charge in [0.2, 0.25) is 5.91 Å². The van der Waals surface area contributed by atoms with E-state index < -0.39 is 5.41 Å². The fraction of sp³-hybridized carbons (Fsp3) is 0.389. The first-order chi connectivity index (χ1) is 10.4. The maximum atomic E-state index is 12.5. The van der Waals surface area contributed by atoms with Crippen molar-refractivity contribution in [2.75, 3.05) is 20.0 Å². The molecule has 2 aromatic rings. The van der Waals surface area contributed by atoms with Crippen molar-refractivity contribution in [3.8, 4) is 5.75 Å². The summed E-state index contributed by atoms with van der Waals surface area (Å²) in [5.41, 5.74) is 0.440. The van der Waals surface area contributed by atoms with E-state index in [0.717, 1.165) is 22.1 Å². The molecule has 0 bridgehead atoms. The number of carbonyl (C=O) groups is 1. The molecule has 0 unspecified atom stereocenters. The van der Waals surface area contributed by atoms with Gasteiger partial charge in [0.1, 0.15) is 5.75 Å². The van der Waals surface area contributed by atoms with Crippen molar-refractivity contribution in [3.05, 3.63) is 42.0 Å². The maximum Gasteiger partial charge on any atom is 0.229 e. The zero-order chi connectivity index (χ0) is 16.3. The van der Waals surface area contributed by atoms with Crippen LogP contribution in [0.5, 0.6) is 5.75 Å². The summed E-state index contributed by atoms with van der Waals surface area (Å²) in [5.74, 6) is 1.11. The smallest absolute Gasteiger partial charge is 0.229 e. The first-order valence-electron chi connectivity index (χ1n) is 7.27. The molecular formula is C18H22ClNO2. The zero-order valence-electron chi connectivity index (χ0n) is 13.5. The molecule has 0 saturated carbocycles. The quantitative estimate of drug-likeness (QED) is 0.777. The first-order valence-corrected chi connectivity index (χ1v) is 7.80. The Hall–Kier alpha value is -1.74. The molecule has 0 radical (unpaired) electrons. The van der Waals surface area contributed by atoms with Gasteiger partial charge in [-0.2, -0.15) is 0 Å². The lowest BCUT2D eigenvalue weighted by molar-refractivity contribution is -0.138. The monoisotopic (exact) mass is 319 g/mol. The van der Waals surface area contributed by atoms with Gasteiger partial charge in [-0.05, 0) is 30.7 Å². The molecule has 0 aliphatic rings. The van der Waals surface area contributed by atoms with Crippen LogP contribution in [0.2, 0.25) is 0 Å². The van der Waals surface area contributed by atoms with E-state index in [2.05, 4.69) is 12.1 Å². The summed E-state index contributed by atoms with van der Waals surface area (Å²) in [5, 5.41) is 2.24. The van der Waals surface area contributed by atoms with E-state index in [1.165, 1.54) is 0 Å². The summed E-state index contributed by atoms with van der Waals surface area (Å²) in [4.78, 5) is 14.3. The number of benzene rings is 2. The van der Waals surface area contributed by atoms with E-state index in [1.54, 1.807) is 19.1 Å². The van der Waals surface area contributed by atoms with E-state index in [0.29, 0.717) is 12.4 Å². The van der Waals surface area contributed by atoms with Crippen LogP contribution in [0.3, 0.4) is 0 Å². The number of amides is 1. The first kappa shape index (κ1) is 16.6. The Balaban J connectivity index is 2.40. The number of nitrogens with zero attached hydrogens (tertiary/aromatic N) is 1. The second-order valence-corrected chi connectivity index (χ2v) is 6.41. The van der Waals surface area contributed by atoms with Crippen LogP contribution in [-0.2, 0) is 11.3 Å². The van der Waals surface area contributed by atoms with Crippen molar-refractivity contribution < 1.29 is 9.53 Å². The number of alkyl halides is 1. The second kappa shape index (κ2) is 6.57. The van der Waals surface area contributed by atoms with E-state index in [1.807, 2.05) is 38.1 Å². The van der Waals surface area contributed by atoms with Gasteiger partial charge in [-0.1, -0.05) is 30.3 Å². The molecule has 0 N–H and O–H groups in total. The lowest BCUT2D eigenvalue weighted by atomic mass is 9.94. The van der Waals surface area contributed by atoms with Gasteiger partial charge >= 0.3 is 0 Å². The highest BCUT2D eigenvalue weighted by Gasteiger charge is 2.30. The molecule has 0 fully saturated rings. The Labute approximate surface area is 136 Å². The number of fused-ring (bicyclic) bond motifs is 1. The minimum atomic E-state index is -0.575. The average Bonchev–Trinajstić information content (AvgIpc) is 2.54. The molecule has 1 amide bonds. The van der Waals surface area contributed by atoms with Crippen molar-refractivity contribution in [2.24, 2.45) is 5.41 Å². The molecule has 2 aromatic carbocycles. The number of ether oxygens (including phenoxy) is 1. The fourth-order valence-electron chi connectivity index (χ4n) is 2.55. The van der Waals surface area contributed by atoms with Crippen molar-refractivity contribution in [1.82, 2.24) is 4.90 Å². The highest BCUT2D eigenvalue weighted by molar-refractivity contribution is 6.19. The van der Waals surface area contributed by atoms with Gasteiger partial charge in [0, 0.05) is 25.0 Å². The number of carbonyl (C=O) groups excluding carboxylic acids is 1.